The fraction of sp³-hybridized carbons (Fsp3) is 0.889. The molecule has 0 aromatic carbocycles. The van der Waals surface area contributed by atoms with Crippen molar-refractivity contribution in [3.63, 3.8) is 0 Å². The minimum Gasteiger partial charge on any atom is -0.360 e. The fourth-order valence-corrected chi connectivity index (χ4v) is 3.24. The molecule has 0 atom stereocenters. The van der Waals surface area contributed by atoms with Crippen LogP contribution in [0.3, 0.4) is 0 Å². The monoisotopic (exact) mass is 285 g/mol. The lowest BCUT2D eigenvalue weighted by molar-refractivity contribution is 0.218. The predicted octanol–water partition coefficient (Wildman–Crippen LogP) is 2.83. The molecule has 0 rings (SSSR count). The standard InChI is InChI=1S/C9H20NO3PS2/c1-5-12-14(11,13-6-2)8-7-10(3)9(15)16-4/h5-8H2,1-4H3. The zero-order valence-corrected chi connectivity index (χ0v) is 12.8. The third-order valence-corrected chi connectivity index (χ3v) is 5.37. The van der Waals surface area contributed by atoms with E-state index in [0.29, 0.717) is 25.9 Å². The molecule has 0 spiro atoms. The van der Waals surface area contributed by atoms with E-state index in [0.717, 1.165) is 4.32 Å². The predicted molar refractivity (Wildman–Crippen MR) is 74.5 cm³/mol. The SMILES string of the molecule is CCOP(=O)(CCN(C)C(=S)SC)OCC. The first-order valence-corrected chi connectivity index (χ1v) is 8.52. The summed E-state index contributed by atoms with van der Waals surface area (Å²) in [4.78, 5) is 1.88. The Morgan fingerprint density at radius 3 is 2.25 bits per heavy atom. The molecule has 0 saturated carbocycles. The number of hydrogen-bond acceptors (Lipinski definition) is 5. The average Bonchev–Trinajstić information content (AvgIpc) is 2.25. The highest BCUT2D eigenvalue weighted by atomic mass is 32.2. The highest BCUT2D eigenvalue weighted by Gasteiger charge is 2.23. The lowest BCUT2D eigenvalue weighted by atomic mass is 10.7. The molecule has 0 unspecified atom stereocenters. The lowest BCUT2D eigenvalue weighted by Crippen LogP contribution is -2.26. The second-order valence-corrected chi connectivity index (χ2v) is 6.69. The minimum atomic E-state index is -2.93. The molecule has 0 N–H and O–H groups in total. The van der Waals surface area contributed by atoms with Gasteiger partial charge in [0.25, 0.3) is 0 Å². The molecule has 0 fully saturated rings. The van der Waals surface area contributed by atoms with Crippen molar-refractivity contribution in [2.45, 2.75) is 13.8 Å². The van der Waals surface area contributed by atoms with Gasteiger partial charge < -0.3 is 13.9 Å². The molecule has 0 aliphatic rings. The zero-order chi connectivity index (χ0) is 12.6. The number of nitrogens with zero attached hydrogens (tertiary/aromatic N) is 1. The Morgan fingerprint density at radius 2 is 1.88 bits per heavy atom. The third kappa shape index (κ3) is 6.21. The van der Waals surface area contributed by atoms with Crippen LogP contribution >= 0.6 is 31.6 Å². The maximum Gasteiger partial charge on any atom is 0.332 e. The van der Waals surface area contributed by atoms with Gasteiger partial charge in [0.1, 0.15) is 4.32 Å². The second kappa shape index (κ2) is 8.48. The molecule has 0 aromatic rings. The molecule has 7 heteroatoms. The fourth-order valence-electron chi connectivity index (χ4n) is 1.08. The van der Waals surface area contributed by atoms with E-state index >= 15 is 0 Å². The van der Waals surface area contributed by atoms with E-state index in [1.54, 1.807) is 0 Å². The summed E-state index contributed by atoms with van der Waals surface area (Å²) in [5.74, 6) is 0. The molecule has 0 aliphatic heterocycles. The van der Waals surface area contributed by atoms with E-state index < -0.39 is 7.60 Å². The Balaban J connectivity index is 4.21. The number of thioether (sulfide) groups is 1. The molecule has 0 amide bonds. The van der Waals surface area contributed by atoms with E-state index in [2.05, 4.69) is 0 Å². The maximum atomic E-state index is 12.1. The van der Waals surface area contributed by atoms with Crippen LogP contribution in [0.5, 0.6) is 0 Å². The van der Waals surface area contributed by atoms with Crippen LogP contribution in [0.15, 0.2) is 0 Å². The molecular weight excluding hydrogens is 265 g/mol. The minimum absolute atomic E-state index is 0.367. The van der Waals surface area contributed by atoms with Gasteiger partial charge in [0.15, 0.2) is 0 Å². The first kappa shape index (κ1) is 16.4. The van der Waals surface area contributed by atoms with Crippen molar-refractivity contribution < 1.29 is 13.6 Å². The van der Waals surface area contributed by atoms with Gasteiger partial charge in [-0.1, -0.05) is 12.2 Å². The van der Waals surface area contributed by atoms with Gasteiger partial charge in [-0.2, -0.15) is 0 Å². The van der Waals surface area contributed by atoms with E-state index in [1.807, 2.05) is 32.1 Å². The van der Waals surface area contributed by atoms with Gasteiger partial charge in [-0.3, -0.25) is 4.57 Å². The lowest BCUT2D eigenvalue weighted by Gasteiger charge is -2.22. The summed E-state index contributed by atoms with van der Waals surface area (Å²) in [7, 11) is -1.06. The third-order valence-electron chi connectivity index (χ3n) is 1.85. The molecule has 0 bridgehead atoms. The van der Waals surface area contributed by atoms with Gasteiger partial charge >= 0.3 is 7.60 Å². The Bertz CT molecular complexity index is 253. The van der Waals surface area contributed by atoms with Crippen molar-refractivity contribution in [2.24, 2.45) is 0 Å². The van der Waals surface area contributed by atoms with Gasteiger partial charge in [0, 0.05) is 13.6 Å². The van der Waals surface area contributed by atoms with Crippen molar-refractivity contribution >= 4 is 35.9 Å². The summed E-state index contributed by atoms with van der Waals surface area (Å²) in [5.41, 5.74) is 0. The van der Waals surface area contributed by atoms with Crippen LogP contribution < -0.4 is 0 Å². The van der Waals surface area contributed by atoms with Gasteiger partial charge in [-0.25, -0.2) is 0 Å². The molecule has 16 heavy (non-hydrogen) atoms. The van der Waals surface area contributed by atoms with Gasteiger partial charge in [-0.15, -0.1) is 11.8 Å². The molecule has 0 aliphatic carbocycles. The van der Waals surface area contributed by atoms with E-state index in [-0.39, 0.29) is 0 Å². The summed E-state index contributed by atoms with van der Waals surface area (Å²) >= 11 is 6.61. The smallest absolute Gasteiger partial charge is 0.332 e. The summed E-state index contributed by atoms with van der Waals surface area (Å²) in [6.07, 6.45) is 2.29. The van der Waals surface area contributed by atoms with Crippen LogP contribution in [0.1, 0.15) is 13.8 Å². The van der Waals surface area contributed by atoms with Crippen LogP contribution in [0, 0.1) is 0 Å². The molecule has 4 nitrogen and oxygen atoms in total. The van der Waals surface area contributed by atoms with Crippen LogP contribution in [0.25, 0.3) is 0 Å². The first-order chi connectivity index (χ1) is 7.49. The Hall–Kier alpha value is 0.390. The molecule has 96 valence electrons. The Labute approximate surface area is 108 Å². The molecule has 0 radical (unpaired) electrons. The van der Waals surface area contributed by atoms with Crippen LogP contribution in [-0.2, 0) is 13.6 Å². The molecule has 0 heterocycles. The van der Waals surface area contributed by atoms with Gasteiger partial charge in [0.05, 0.1) is 19.4 Å². The van der Waals surface area contributed by atoms with E-state index in [1.165, 1.54) is 11.8 Å². The summed E-state index contributed by atoms with van der Waals surface area (Å²) < 4.78 is 23.3. The van der Waals surface area contributed by atoms with Crippen molar-refractivity contribution in [1.82, 2.24) is 4.90 Å². The molecule has 0 saturated heterocycles. The first-order valence-electron chi connectivity index (χ1n) is 5.16. The quantitative estimate of drug-likeness (QED) is 0.529. The van der Waals surface area contributed by atoms with Crippen LogP contribution in [0.4, 0.5) is 0 Å². The van der Waals surface area contributed by atoms with Crippen molar-refractivity contribution in [3.8, 4) is 0 Å². The molecule has 0 aromatic heterocycles. The average molecular weight is 285 g/mol. The Morgan fingerprint density at radius 1 is 1.38 bits per heavy atom. The number of rotatable bonds is 7. The van der Waals surface area contributed by atoms with Gasteiger partial charge in [-0.05, 0) is 20.1 Å². The van der Waals surface area contributed by atoms with E-state index in [4.69, 9.17) is 21.3 Å². The van der Waals surface area contributed by atoms with Crippen LogP contribution in [-0.4, -0.2) is 48.4 Å². The highest BCUT2D eigenvalue weighted by molar-refractivity contribution is 8.22. The summed E-state index contributed by atoms with van der Waals surface area (Å²) in [6.45, 7) is 4.99. The Kier molecular flexibility index (Phi) is 8.68. The van der Waals surface area contributed by atoms with Gasteiger partial charge in [0.2, 0.25) is 0 Å². The number of hydrogen-bond donors (Lipinski definition) is 0. The van der Waals surface area contributed by atoms with Crippen molar-refractivity contribution in [1.29, 1.82) is 0 Å². The topological polar surface area (TPSA) is 38.8 Å². The summed E-state index contributed by atoms with van der Waals surface area (Å²) in [5, 5.41) is 0. The highest BCUT2D eigenvalue weighted by Crippen LogP contribution is 2.47. The summed E-state index contributed by atoms with van der Waals surface area (Å²) in [6, 6.07) is 0. The van der Waals surface area contributed by atoms with Crippen molar-refractivity contribution in [2.75, 3.05) is 39.2 Å². The molecular formula is C9H20NO3PS2. The zero-order valence-electron chi connectivity index (χ0n) is 10.3. The maximum absolute atomic E-state index is 12.1. The number of thiocarbonyl (C=S) groups is 1. The largest absolute Gasteiger partial charge is 0.360 e. The van der Waals surface area contributed by atoms with E-state index in [9.17, 15) is 4.57 Å². The normalized spacial score (nSPS) is 11.5. The van der Waals surface area contributed by atoms with Crippen LogP contribution in [0.2, 0.25) is 0 Å². The second-order valence-electron chi connectivity index (χ2n) is 3.06. The van der Waals surface area contributed by atoms with Crippen molar-refractivity contribution in [3.05, 3.63) is 0 Å².